The third kappa shape index (κ3) is 17.4. The van der Waals surface area contributed by atoms with Crippen molar-refractivity contribution in [3.05, 3.63) is 0 Å². The summed E-state index contributed by atoms with van der Waals surface area (Å²) in [5.74, 6) is -8.13. The van der Waals surface area contributed by atoms with Crippen LogP contribution in [0, 0.1) is 5.92 Å². The van der Waals surface area contributed by atoms with E-state index in [-0.39, 0.29) is 69.9 Å². The van der Waals surface area contributed by atoms with Crippen LogP contribution in [0.3, 0.4) is 0 Å². The van der Waals surface area contributed by atoms with Gasteiger partial charge in [0.25, 0.3) is 0 Å². The Morgan fingerprint density at radius 3 is 1.87 bits per heavy atom. The predicted octanol–water partition coefficient (Wildman–Crippen LogP) is -3.92. The largest absolute Gasteiger partial charge is 0.481 e. The molecular weight excluding hydrogens is 726 g/mol. The number of primary amides is 1. The molecule has 15 N–H and O–H groups in total. The molecule has 0 spiro atoms. The predicted molar refractivity (Wildman–Crippen MR) is 196 cm³/mol. The first-order valence-corrected chi connectivity index (χ1v) is 18.0. The fourth-order valence-electron chi connectivity index (χ4n) is 5.58. The highest BCUT2D eigenvalue weighted by atomic mass is 16.4. The number of guanidine groups is 1. The number of carbonyl (C=O) groups is 9. The highest BCUT2D eigenvalue weighted by Crippen LogP contribution is 2.19. The monoisotopic (exact) mass is 783 g/mol. The first kappa shape index (κ1) is 47.5. The molecule has 0 aromatic rings. The summed E-state index contributed by atoms with van der Waals surface area (Å²) in [6.45, 7) is 6.44. The maximum atomic E-state index is 13.6. The number of nitrogens with one attached hydrogen (secondary N) is 5. The lowest BCUT2D eigenvalue weighted by Gasteiger charge is -2.29. The number of hydrogen-bond acceptors (Lipinski definition) is 11. The molecule has 1 heterocycles. The number of hydrogen-bond donors (Lipinski definition) is 11. The molecule has 7 amide bonds. The van der Waals surface area contributed by atoms with E-state index in [4.69, 9.17) is 22.9 Å². The molecular formula is C33H57N11O11. The standard InChI is InChI=1S/C33H57N11O11/c1-16(2)15-22(32(54)55)43-29(51)20(7-5-13-38-33(36)37)42-30(52)23-8-6-14-44(23)31(53)18(4)40-28(50)21(10-12-25(46)47)41-26(48)17(3)39-27(49)19(34)9-11-24(35)45/h16-23H,5-15,34H2,1-4H3,(H2,35,45)(H,39,49)(H,40,50)(H,41,48)(H,42,52)(H,43,51)(H,46,47)(H,54,55)(H4,36,37,38)/t17-,18-,19-,20-,21-,22-,23-/m0/s1. The summed E-state index contributed by atoms with van der Waals surface area (Å²) >= 11 is 0. The van der Waals surface area contributed by atoms with Crippen molar-refractivity contribution >= 4 is 59.2 Å². The molecule has 0 radical (unpaired) electrons. The van der Waals surface area contributed by atoms with E-state index in [1.165, 1.54) is 18.7 Å². The molecule has 1 fully saturated rings. The van der Waals surface area contributed by atoms with Crippen LogP contribution in [0.15, 0.2) is 4.99 Å². The fraction of sp³-hybridized carbons (Fsp3) is 0.697. The van der Waals surface area contributed by atoms with Crippen molar-refractivity contribution in [1.29, 1.82) is 0 Å². The highest BCUT2D eigenvalue weighted by molar-refractivity contribution is 5.97. The second kappa shape index (κ2) is 23.3. The van der Waals surface area contributed by atoms with Crippen molar-refractivity contribution in [2.24, 2.45) is 33.8 Å². The van der Waals surface area contributed by atoms with Crippen molar-refractivity contribution in [3.8, 4) is 0 Å². The minimum Gasteiger partial charge on any atom is -0.481 e. The van der Waals surface area contributed by atoms with Gasteiger partial charge in [0.2, 0.25) is 41.4 Å². The molecule has 0 saturated carbocycles. The Morgan fingerprint density at radius 2 is 1.31 bits per heavy atom. The number of aliphatic imine (C=N–C) groups is 1. The first-order chi connectivity index (χ1) is 25.6. The third-order valence-electron chi connectivity index (χ3n) is 8.54. The number of aliphatic carboxylic acids is 2. The van der Waals surface area contributed by atoms with Crippen LogP contribution < -0.4 is 49.5 Å². The van der Waals surface area contributed by atoms with E-state index in [1.54, 1.807) is 13.8 Å². The summed E-state index contributed by atoms with van der Waals surface area (Å²) in [7, 11) is 0. The Kier molecular flexibility index (Phi) is 20.1. The van der Waals surface area contributed by atoms with Crippen molar-refractivity contribution in [1.82, 2.24) is 31.5 Å². The van der Waals surface area contributed by atoms with E-state index in [1.807, 2.05) is 0 Å². The van der Waals surface area contributed by atoms with Crippen molar-refractivity contribution in [2.45, 2.75) is 128 Å². The summed E-state index contributed by atoms with van der Waals surface area (Å²) in [6, 6.07) is -8.61. The van der Waals surface area contributed by atoms with Crippen molar-refractivity contribution < 1.29 is 53.4 Å². The van der Waals surface area contributed by atoms with Crippen LogP contribution in [0.25, 0.3) is 0 Å². The zero-order chi connectivity index (χ0) is 42.0. The number of carboxylic acid groups (broad SMARTS) is 2. The number of nitrogens with zero attached hydrogens (tertiary/aromatic N) is 2. The molecule has 0 unspecified atom stereocenters. The number of carbonyl (C=O) groups excluding carboxylic acids is 7. The van der Waals surface area contributed by atoms with Gasteiger partial charge in [0.15, 0.2) is 5.96 Å². The molecule has 1 aliphatic rings. The SMILES string of the molecule is CC(C)C[C@H](NC(=O)[C@H](CCCN=C(N)N)NC(=O)[C@@H]1CCCN1C(=O)[C@H](C)NC(=O)[C@H](CCC(=O)O)NC(=O)[C@H](C)NC(=O)[C@@H](N)CCC(N)=O)C(=O)O. The molecule has 0 bridgehead atoms. The van der Waals surface area contributed by atoms with Crippen LogP contribution in [0.5, 0.6) is 0 Å². The summed E-state index contributed by atoms with van der Waals surface area (Å²) in [6.07, 6.45) is -0.158. The summed E-state index contributed by atoms with van der Waals surface area (Å²) in [4.78, 5) is 118. The van der Waals surface area contributed by atoms with Gasteiger partial charge < -0.3 is 64.6 Å². The lowest BCUT2D eigenvalue weighted by Crippen LogP contribution is -2.59. The zero-order valence-corrected chi connectivity index (χ0v) is 31.7. The molecule has 1 aliphatic heterocycles. The Bertz CT molecular complexity index is 1440. The molecule has 0 aliphatic carbocycles. The average Bonchev–Trinajstić information content (AvgIpc) is 3.59. The smallest absolute Gasteiger partial charge is 0.326 e. The van der Waals surface area contributed by atoms with Crippen LogP contribution in [-0.4, -0.2) is 130 Å². The Hall–Kier alpha value is -5.54. The third-order valence-corrected chi connectivity index (χ3v) is 8.54. The van der Waals surface area contributed by atoms with Crippen LogP contribution in [-0.2, 0) is 43.2 Å². The van der Waals surface area contributed by atoms with Gasteiger partial charge in [0, 0.05) is 25.9 Å². The quantitative estimate of drug-likeness (QED) is 0.0253. The van der Waals surface area contributed by atoms with Crippen molar-refractivity contribution in [3.63, 3.8) is 0 Å². The van der Waals surface area contributed by atoms with Crippen molar-refractivity contribution in [2.75, 3.05) is 13.1 Å². The van der Waals surface area contributed by atoms with Gasteiger partial charge in [0.1, 0.15) is 36.3 Å². The van der Waals surface area contributed by atoms with Gasteiger partial charge in [-0.3, -0.25) is 43.3 Å². The van der Waals surface area contributed by atoms with Crippen LogP contribution >= 0.6 is 0 Å². The van der Waals surface area contributed by atoms with E-state index in [0.29, 0.717) is 6.42 Å². The van der Waals surface area contributed by atoms with Gasteiger partial charge in [-0.05, 0) is 64.7 Å². The Morgan fingerprint density at radius 1 is 0.727 bits per heavy atom. The zero-order valence-electron chi connectivity index (χ0n) is 31.7. The molecule has 1 saturated heterocycles. The van der Waals surface area contributed by atoms with Gasteiger partial charge in [-0.15, -0.1) is 0 Å². The average molecular weight is 784 g/mol. The van der Waals surface area contributed by atoms with Gasteiger partial charge >= 0.3 is 11.9 Å². The maximum absolute atomic E-state index is 13.6. The molecule has 0 aromatic heterocycles. The normalized spacial score (nSPS) is 17.0. The van der Waals surface area contributed by atoms with E-state index in [0.717, 1.165) is 0 Å². The second-order valence-corrected chi connectivity index (χ2v) is 13.8. The topological polar surface area (TPSA) is 374 Å². The van der Waals surface area contributed by atoms with Gasteiger partial charge in [0.05, 0.1) is 6.04 Å². The number of rotatable bonds is 24. The molecule has 1 rings (SSSR count). The Balaban J connectivity index is 3.06. The Labute approximate surface area is 318 Å². The molecule has 0 aromatic carbocycles. The van der Waals surface area contributed by atoms with E-state index in [9.17, 15) is 53.4 Å². The highest BCUT2D eigenvalue weighted by Gasteiger charge is 2.39. The molecule has 55 heavy (non-hydrogen) atoms. The van der Waals surface area contributed by atoms with Crippen LogP contribution in [0.4, 0.5) is 0 Å². The number of nitrogens with two attached hydrogens (primary N) is 4. The summed E-state index contributed by atoms with van der Waals surface area (Å²) in [5.41, 5.74) is 21.5. The number of likely N-dealkylation sites (tertiary alicyclic amines) is 1. The first-order valence-electron chi connectivity index (χ1n) is 18.0. The van der Waals surface area contributed by atoms with Gasteiger partial charge in [-0.1, -0.05) is 13.8 Å². The maximum Gasteiger partial charge on any atom is 0.326 e. The summed E-state index contributed by atoms with van der Waals surface area (Å²) < 4.78 is 0. The minimum absolute atomic E-state index is 0.0311. The molecule has 7 atom stereocenters. The fourth-order valence-corrected chi connectivity index (χ4v) is 5.58. The van der Waals surface area contributed by atoms with Gasteiger partial charge in [-0.2, -0.15) is 0 Å². The molecule has 310 valence electrons. The van der Waals surface area contributed by atoms with Crippen LogP contribution in [0.2, 0.25) is 0 Å². The number of carboxylic acids is 2. The van der Waals surface area contributed by atoms with E-state index in [2.05, 4.69) is 31.6 Å². The molecule has 22 heteroatoms. The lowest BCUT2D eigenvalue weighted by molar-refractivity contribution is -0.143. The van der Waals surface area contributed by atoms with E-state index < -0.39 is 102 Å². The second-order valence-electron chi connectivity index (χ2n) is 13.8. The summed E-state index contributed by atoms with van der Waals surface area (Å²) in [5, 5.41) is 31.1. The van der Waals surface area contributed by atoms with Crippen LogP contribution in [0.1, 0.15) is 85.5 Å². The lowest BCUT2D eigenvalue weighted by atomic mass is 10.0. The minimum atomic E-state index is -1.46. The van der Waals surface area contributed by atoms with E-state index >= 15 is 0 Å². The van der Waals surface area contributed by atoms with Gasteiger partial charge in [-0.25, -0.2) is 4.79 Å². The number of amides is 7. The molecule has 22 nitrogen and oxygen atoms in total.